The van der Waals surface area contributed by atoms with Gasteiger partial charge in [-0.2, -0.15) is 0 Å². The van der Waals surface area contributed by atoms with Crippen molar-refractivity contribution in [2.75, 3.05) is 6.54 Å². The van der Waals surface area contributed by atoms with Crippen molar-refractivity contribution in [3.05, 3.63) is 29.3 Å². The van der Waals surface area contributed by atoms with Crippen LogP contribution in [0, 0.1) is 5.92 Å². The van der Waals surface area contributed by atoms with Crippen LogP contribution in [0.5, 0.6) is 0 Å². The minimum Gasteiger partial charge on any atom is -0.481 e. The summed E-state index contributed by atoms with van der Waals surface area (Å²) in [5, 5.41) is 10.1. The number of aromatic nitrogens is 1. The topological polar surface area (TPSA) is 76.2 Å². The first-order chi connectivity index (χ1) is 8.70. The van der Waals surface area contributed by atoms with E-state index < -0.39 is 5.97 Å². The number of hydrogen-bond donors (Lipinski definition) is 2. The lowest BCUT2D eigenvalue weighted by Crippen LogP contribution is -2.17. The molecule has 0 spiro atoms. The van der Waals surface area contributed by atoms with Crippen molar-refractivity contribution in [2.24, 2.45) is 11.7 Å². The van der Waals surface area contributed by atoms with Gasteiger partial charge in [0.05, 0.1) is 21.1 Å². The molecule has 0 aliphatic heterocycles. The number of thiazole rings is 1. The highest BCUT2D eigenvalue weighted by molar-refractivity contribution is 7.18. The summed E-state index contributed by atoms with van der Waals surface area (Å²) < 4.78 is 1.11. The number of nitrogens with two attached hydrogens (primary N) is 1. The summed E-state index contributed by atoms with van der Waals surface area (Å²) in [7, 11) is 0. The van der Waals surface area contributed by atoms with Crippen molar-refractivity contribution < 1.29 is 9.90 Å². The molecule has 1 unspecified atom stereocenters. The third-order valence-electron chi connectivity index (χ3n) is 2.87. The molecule has 18 heavy (non-hydrogen) atoms. The van der Waals surface area contributed by atoms with Gasteiger partial charge in [0.15, 0.2) is 0 Å². The summed E-state index contributed by atoms with van der Waals surface area (Å²) in [5.41, 5.74) is 6.37. The standard InChI is InChI=1S/C13H16N2O2S/c14-7-3-4-9(13(16)17)8-12-15-10-5-1-2-6-11(10)18-12/h1-2,5-6,9H,3-4,7-8,14H2,(H,16,17). The second-order valence-electron chi connectivity index (χ2n) is 4.25. The summed E-state index contributed by atoms with van der Waals surface area (Å²) in [5.74, 6) is -1.14. The molecule has 0 amide bonds. The van der Waals surface area contributed by atoms with Crippen molar-refractivity contribution in [3.63, 3.8) is 0 Å². The Balaban J connectivity index is 2.12. The van der Waals surface area contributed by atoms with Crippen molar-refractivity contribution >= 4 is 27.5 Å². The lowest BCUT2D eigenvalue weighted by atomic mass is 10.00. The van der Waals surface area contributed by atoms with Crippen molar-refractivity contribution in [2.45, 2.75) is 19.3 Å². The number of aliphatic carboxylic acids is 1. The molecule has 0 aliphatic carbocycles. The lowest BCUT2D eigenvalue weighted by Gasteiger charge is -2.09. The zero-order chi connectivity index (χ0) is 13.0. The van der Waals surface area contributed by atoms with Gasteiger partial charge in [0, 0.05) is 6.42 Å². The lowest BCUT2D eigenvalue weighted by molar-refractivity contribution is -0.141. The fourth-order valence-electron chi connectivity index (χ4n) is 1.90. The predicted octanol–water partition coefficient (Wildman–Crippen LogP) is 2.28. The Labute approximate surface area is 109 Å². The molecule has 3 N–H and O–H groups in total. The van der Waals surface area contributed by atoms with E-state index in [1.165, 1.54) is 0 Å². The number of carboxylic acids is 1. The summed E-state index contributed by atoms with van der Waals surface area (Å²) in [4.78, 5) is 15.6. The Kier molecular flexibility index (Phi) is 4.28. The first-order valence-electron chi connectivity index (χ1n) is 5.98. The molecule has 1 atom stereocenters. The molecule has 0 saturated carbocycles. The van der Waals surface area contributed by atoms with Gasteiger partial charge in [0.25, 0.3) is 0 Å². The Morgan fingerprint density at radius 3 is 2.89 bits per heavy atom. The van der Waals surface area contributed by atoms with Gasteiger partial charge < -0.3 is 10.8 Å². The Hall–Kier alpha value is -1.46. The first kappa shape index (κ1) is 13.0. The van der Waals surface area contributed by atoms with Gasteiger partial charge in [-0.1, -0.05) is 12.1 Å². The zero-order valence-electron chi connectivity index (χ0n) is 10.0. The molecule has 1 heterocycles. The summed E-state index contributed by atoms with van der Waals surface area (Å²) >= 11 is 1.57. The molecule has 0 radical (unpaired) electrons. The maximum absolute atomic E-state index is 11.2. The number of benzene rings is 1. The second kappa shape index (κ2) is 5.93. The van der Waals surface area contributed by atoms with Crippen LogP contribution >= 0.6 is 11.3 Å². The smallest absolute Gasteiger partial charge is 0.306 e. The van der Waals surface area contributed by atoms with Crippen molar-refractivity contribution in [1.82, 2.24) is 4.98 Å². The molecule has 4 nitrogen and oxygen atoms in total. The van der Waals surface area contributed by atoms with E-state index in [2.05, 4.69) is 4.98 Å². The van der Waals surface area contributed by atoms with E-state index in [0.717, 1.165) is 21.6 Å². The number of para-hydroxylation sites is 1. The molecule has 0 fully saturated rings. The zero-order valence-corrected chi connectivity index (χ0v) is 10.8. The van der Waals surface area contributed by atoms with Gasteiger partial charge >= 0.3 is 5.97 Å². The van der Waals surface area contributed by atoms with Crippen LogP contribution in [0.15, 0.2) is 24.3 Å². The molecule has 96 valence electrons. The van der Waals surface area contributed by atoms with Crippen molar-refractivity contribution in [3.8, 4) is 0 Å². The molecule has 1 aromatic heterocycles. The Morgan fingerprint density at radius 1 is 1.44 bits per heavy atom. The first-order valence-corrected chi connectivity index (χ1v) is 6.79. The average Bonchev–Trinajstić information content (AvgIpc) is 2.76. The number of rotatable bonds is 6. The van der Waals surface area contributed by atoms with Crippen molar-refractivity contribution in [1.29, 1.82) is 0 Å². The molecule has 0 saturated heterocycles. The van der Waals surface area contributed by atoms with E-state index in [0.29, 0.717) is 19.4 Å². The van der Waals surface area contributed by atoms with Crippen LogP contribution in [0.3, 0.4) is 0 Å². The number of hydrogen-bond acceptors (Lipinski definition) is 4. The Bertz CT molecular complexity index is 506. The molecule has 0 aliphatic rings. The molecular formula is C13H16N2O2S. The van der Waals surface area contributed by atoms with Gasteiger partial charge in [-0.25, -0.2) is 4.98 Å². The largest absolute Gasteiger partial charge is 0.481 e. The van der Waals surface area contributed by atoms with E-state index in [1.807, 2.05) is 24.3 Å². The van der Waals surface area contributed by atoms with Gasteiger partial charge in [0.1, 0.15) is 0 Å². The molecule has 1 aromatic carbocycles. The fraction of sp³-hybridized carbons (Fsp3) is 0.385. The van der Waals surface area contributed by atoms with E-state index in [9.17, 15) is 9.90 Å². The van der Waals surface area contributed by atoms with Crippen LogP contribution in [0.1, 0.15) is 17.8 Å². The van der Waals surface area contributed by atoms with E-state index in [-0.39, 0.29) is 5.92 Å². The SMILES string of the molecule is NCCCC(Cc1nc2ccccc2s1)C(=O)O. The average molecular weight is 264 g/mol. The molecular weight excluding hydrogens is 248 g/mol. The monoisotopic (exact) mass is 264 g/mol. The van der Waals surface area contributed by atoms with Crippen LogP contribution in [0.25, 0.3) is 10.2 Å². The van der Waals surface area contributed by atoms with E-state index in [4.69, 9.17) is 5.73 Å². The highest BCUT2D eigenvalue weighted by Crippen LogP contribution is 2.24. The number of nitrogens with zero attached hydrogens (tertiary/aromatic N) is 1. The normalized spacial score (nSPS) is 12.7. The predicted molar refractivity (Wildman–Crippen MR) is 72.7 cm³/mol. The quantitative estimate of drug-likeness (QED) is 0.839. The van der Waals surface area contributed by atoms with Gasteiger partial charge in [-0.05, 0) is 31.5 Å². The van der Waals surface area contributed by atoms with Crippen LogP contribution in [0.4, 0.5) is 0 Å². The summed E-state index contributed by atoms with van der Waals surface area (Å²) in [6, 6.07) is 7.86. The Morgan fingerprint density at radius 2 is 2.22 bits per heavy atom. The number of carbonyl (C=O) groups is 1. The van der Waals surface area contributed by atoms with Crippen LogP contribution in [-0.4, -0.2) is 22.6 Å². The van der Waals surface area contributed by atoms with E-state index >= 15 is 0 Å². The molecule has 5 heteroatoms. The number of carboxylic acid groups (broad SMARTS) is 1. The second-order valence-corrected chi connectivity index (χ2v) is 5.36. The van der Waals surface area contributed by atoms with Crippen LogP contribution in [0.2, 0.25) is 0 Å². The van der Waals surface area contributed by atoms with Gasteiger partial charge in [-0.15, -0.1) is 11.3 Å². The maximum atomic E-state index is 11.2. The van der Waals surface area contributed by atoms with Gasteiger partial charge in [-0.3, -0.25) is 4.79 Å². The number of fused-ring (bicyclic) bond motifs is 1. The van der Waals surface area contributed by atoms with Crippen LogP contribution in [-0.2, 0) is 11.2 Å². The fourth-order valence-corrected chi connectivity index (χ4v) is 2.94. The maximum Gasteiger partial charge on any atom is 0.306 e. The third-order valence-corrected chi connectivity index (χ3v) is 3.92. The highest BCUT2D eigenvalue weighted by Gasteiger charge is 2.19. The highest BCUT2D eigenvalue weighted by atomic mass is 32.1. The molecule has 0 bridgehead atoms. The third kappa shape index (κ3) is 3.05. The van der Waals surface area contributed by atoms with Gasteiger partial charge in [0.2, 0.25) is 0 Å². The minimum atomic E-state index is -0.761. The summed E-state index contributed by atoms with van der Waals surface area (Å²) in [6.45, 7) is 0.531. The van der Waals surface area contributed by atoms with E-state index in [1.54, 1.807) is 11.3 Å². The molecule has 2 rings (SSSR count). The van der Waals surface area contributed by atoms with Crippen LogP contribution < -0.4 is 5.73 Å². The summed E-state index contributed by atoms with van der Waals surface area (Å²) in [6.07, 6.45) is 1.85. The molecule has 2 aromatic rings. The minimum absolute atomic E-state index is 0.380.